The molecule has 2 aromatic rings. The van der Waals surface area contributed by atoms with Crippen LogP contribution >= 0.6 is 11.6 Å². The summed E-state index contributed by atoms with van der Waals surface area (Å²) in [6.07, 6.45) is 8.17. The van der Waals surface area contributed by atoms with Crippen LogP contribution in [0.3, 0.4) is 0 Å². The first-order valence-electron chi connectivity index (χ1n) is 13.9. The van der Waals surface area contributed by atoms with Crippen LogP contribution < -0.4 is 20.1 Å². The van der Waals surface area contributed by atoms with Crippen molar-refractivity contribution < 1.29 is 28.6 Å². The predicted octanol–water partition coefficient (Wildman–Crippen LogP) is 3.81. The number of ether oxygens (including phenoxy) is 3. The molecule has 0 radical (unpaired) electrons. The van der Waals surface area contributed by atoms with Gasteiger partial charge in [0.25, 0.3) is 0 Å². The largest absolute Gasteiger partial charge is 0.454 e. The molecule has 208 valence electrons. The van der Waals surface area contributed by atoms with Crippen molar-refractivity contribution in [1.29, 1.82) is 0 Å². The number of benzene rings is 2. The fourth-order valence-electron chi connectivity index (χ4n) is 6.96. The quantitative estimate of drug-likeness (QED) is 0.518. The Morgan fingerprint density at radius 1 is 1.00 bits per heavy atom. The summed E-state index contributed by atoms with van der Waals surface area (Å²) in [5.41, 5.74) is 0.147. The highest BCUT2D eigenvalue weighted by molar-refractivity contribution is 6.30. The highest BCUT2D eigenvalue weighted by Gasteiger charge is 2.72. The van der Waals surface area contributed by atoms with E-state index in [9.17, 15) is 14.4 Å². The first-order chi connectivity index (χ1) is 19.4. The van der Waals surface area contributed by atoms with E-state index in [1.807, 2.05) is 24.3 Å². The van der Waals surface area contributed by atoms with Gasteiger partial charge >= 0.3 is 0 Å². The molecule has 2 saturated heterocycles. The molecule has 1 spiro atoms. The molecule has 1 aliphatic carbocycles. The molecule has 9 nitrogen and oxygen atoms in total. The molecule has 40 heavy (non-hydrogen) atoms. The number of nitrogens with zero attached hydrogens (tertiary/aromatic N) is 1. The van der Waals surface area contributed by atoms with Gasteiger partial charge in [-0.05, 0) is 54.8 Å². The van der Waals surface area contributed by atoms with Crippen LogP contribution in [-0.2, 0) is 25.7 Å². The molecule has 2 aromatic carbocycles. The Kier molecular flexibility index (Phi) is 6.24. The molecular formula is C30H30ClN3O6. The van der Waals surface area contributed by atoms with Crippen LogP contribution in [0.5, 0.6) is 11.5 Å². The summed E-state index contributed by atoms with van der Waals surface area (Å²) < 4.78 is 17.4. The molecule has 3 fully saturated rings. The predicted molar refractivity (Wildman–Crippen MR) is 146 cm³/mol. The third-order valence-corrected chi connectivity index (χ3v) is 9.03. The first-order valence-corrected chi connectivity index (χ1v) is 14.2. The number of amides is 3. The van der Waals surface area contributed by atoms with Crippen molar-refractivity contribution in [3.63, 3.8) is 0 Å². The van der Waals surface area contributed by atoms with Crippen molar-refractivity contribution in [2.75, 3.05) is 12.1 Å². The number of hydrogen-bond donors (Lipinski definition) is 2. The minimum atomic E-state index is -1.22. The Labute approximate surface area is 236 Å². The lowest BCUT2D eigenvalue weighted by molar-refractivity contribution is -0.142. The standard InChI is InChI=1S/C30H30ClN3O6/c31-18-7-9-20(10-8-18)32-27(35)24-22-12-13-30(40-22)25(24)29(37)34(15-17-6-11-21-23(14-17)39-16-38-21)26(30)28(36)33-19-4-2-1-3-5-19/h6-14,19,22,24-26H,1-5,15-16H2,(H,32,35)(H,33,36)/t22-,24-,25-,26+,30-/m0/s1. The lowest BCUT2D eigenvalue weighted by Crippen LogP contribution is -2.56. The molecule has 3 amide bonds. The van der Waals surface area contributed by atoms with E-state index in [1.54, 1.807) is 35.2 Å². The molecule has 5 aliphatic rings. The van der Waals surface area contributed by atoms with Crippen molar-refractivity contribution in [1.82, 2.24) is 10.2 Å². The van der Waals surface area contributed by atoms with Gasteiger partial charge in [0.05, 0.1) is 17.9 Å². The van der Waals surface area contributed by atoms with E-state index in [1.165, 1.54) is 0 Å². The normalized spacial score (nSPS) is 30.0. The van der Waals surface area contributed by atoms with Gasteiger partial charge in [-0.3, -0.25) is 14.4 Å². The van der Waals surface area contributed by atoms with Crippen molar-refractivity contribution in [3.8, 4) is 11.5 Å². The molecule has 2 N–H and O–H groups in total. The average Bonchev–Trinajstić information content (AvgIpc) is 3.71. The van der Waals surface area contributed by atoms with Crippen LogP contribution in [0.2, 0.25) is 5.02 Å². The number of anilines is 1. The number of hydrogen-bond acceptors (Lipinski definition) is 6. The summed E-state index contributed by atoms with van der Waals surface area (Å²) in [6, 6.07) is 11.4. The van der Waals surface area contributed by atoms with E-state index in [-0.39, 0.29) is 37.1 Å². The number of rotatable bonds is 6. The Morgan fingerprint density at radius 3 is 2.58 bits per heavy atom. The molecule has 1 saturated carbocycles. The molecule has 0 aromatic heterocycles. The topological polar surface area (TPSA) is 106 Å². The zero-order valence-corrected chi connectivity index (χ0v) is 22.6. The zero-order valence-electron chi connectivity index (χ0n) is 21.8. The molecule has 5 atom stereocenters. The van der Waals surface area contributed by atoms with Crippen LogP contribution in [0.1, 0.15) is 37.7 Å². The fraction of sp³-hybridized carbons (Fsp3) is 0.433. The Balaban J connectivity index is 1.21. The van der Waals surface area contributed by atoms with Gasteiger partial charge in [-0.15, -0.1) is 0 Å². The third-order valence-electron chi connectivity index (χ3n) is 8.78. The van der Waals surface area contributed by atoms with Crippen molar-refractivity contribution >= 4 is 35.0 Å². The monoisotopic (exact) mass is 563 g/mol. The second-order valence-corrected chi connectivity index (χ2v) is 11.6. The molecule has 2 bridgehead atoms. The first kappa shape index (κ1) is 25.4. The summed E-state index contributed by atoms with van der Waals surface area (Å²) in [5.74, 6) is -1.21. The zero-order chi connectivity index (χ0) is 27.4. The van der Waals surface area contributed by atoms with Gasteiger partial charge in [-0.1, -0.05) is 49.1 Å². The lowest BCUT2D eigenvalue weighted by atomic mass is 9.74. The maximum atomic E-state index is 14.2. The minimum Gasteiger partial charge on any atom is -0.454 e. The molecule has 4 heterocycles. The van der Waals surface area contributed by atoms with Gasteiger partial charge < -0.3 is 29.7 Å². The highest BCUT2D eigenvalue weighted by Crippen LogP contribution is 2.55. The van der Waals surface area contributed by atoms with Gasteiger partial charge in [0.2, 0.25) is 24.5 Å². The highest BCUT2D eigenvalue weighted by atomic mass is 35.5. The maximum absolute atomic E-state index is 14.2. The molecular weight excluding hydrogens is 534 g/mol. The Morgan fingerprint density at radius 2 is 1.77 bits per heavy atom. The summed E-state index contributed by atoms with van der Waals surface area (Å²) in [5, 5.41) is 6.68. The number of likely N-dealkylation sites (tertiary alicyclic amines) is 1. The Hall–Kier alpha value is -3.56. The third kappa shape index (κ3) is 4.14. The maximum Gasteiger partial charge on any atom is 0.246 e. The summed E-state index contributed by atoms with van der Waals surface area (Å²) in [4.78, 5) is 43.4. The molecule has 4 aliphatic heterocycles. The van der Waals surface area contributed by atoms with E-state index in [4.69, 9.17) is 25.8 Å². The molecule has 0 unspecified atom stereocenters. The van der Waals surface area contributed by atoms with Gasteiger partial charge in [-0.25, -0.2) is 0 Å². The van der Waals surface area contributed by atoms with E-state index >= 15 is 0 Å². The van der Waals surface area contributed by atoms with E-state index < -0.39 is 29.6 Å². The van der Waals surface area contributed by atoms with Crippen molar-refractivity contribution in [3.05, 3.63) is 65.2 Å². The summed E-state index contributed by atoms with van der Waals surface area (Å²) in [6.45, 7) is 0.313. The van der Waals surface area contributed by atoms with E-state index in [0.29, 0.717) is 22.2 Å². The van der Waals surface area contributed by atoms with Gasteiger partial charge in [0, 0.05) is 23.3 Å². The van der Waals surface area contributed by atoms with Crippen LogP contribution in [0.4, 0.5) is 5.69 Å². The van der Waals surface area contributed by atoms with Crippen LogP contribution in [0.25, 0.3) is 0 Å². The SMILES string of the molecule is O=C(Nc1ccc(Cl)cc1)[C@H]1[C@@H]2C=C[C@]3(O2)[C@@H]1C(=O)N(Cc1ccc2c(c1)OCO2)[C@@H]3C(=O)NC1CCCCC1. The number of fused-ring (bicyclic) bond motifs is 2. The van der Waals surface area contributed by atoms with Crippen LogP contribution in [-0.4, -0.2) is 53.2 Å². The van der Waals surface area contributed by atoms with E-state index in [0.717, 1.165) is 37.7 Å². The fourth-order valence-corrected chi connectivity index (χ4v) is 7.09. The van der Waals surface area contributed by atoms with Crippen molar-refractivity contribution in [2.24, 2.45) is 11.8 Å². The van der Waals surface area contributed by atoms with Gasteiger partial charge in [0.1, 0.15) is 11.6 Å². The van der Waals surface area contributed by atoms with Crippen LogP contribution in [0.15, 0.2) is 54.6 Å². The number of halogens is 1. The summed E-state index contributed by atoms with van der Waals surface area (Å²) >= 11 is 6.00. The second kappa shape index (κ2) is 9.82. The van der Waals surface area contributed by atoms with Gasteiger partial charge in [-0.2, -0.15) is 0 Å². The molecule has 10 heteroatoms. The smallest absolute Gasteiger partial charge is 0.246 e. The van der Waals surface area contributed by atoms with Crippen molar-refractivity contribution in [2.45, 2.75) is 62.4 Å². The Bertz CT molecular complexity index is 1390. The van der Waals surface area contributed by atoms with Gasteiger partial charge in [0.15, 0.2) is 11.5 Å². The average molecular weight is 564 g/mol. The number of carbonyl (C=O) groups is 3. The molecule has 7 rings (SSSR count). The van der Waals surface area contributed by atoms with Crippen LogP contribution in [0, 0.1) is 11.8 Å². The summed E-state index contributed by atoms with van der Waals surface area (Å²) in [7, 11) is 0. The lowest BCUT2D eigenvalue weighted by Gasteiger charge is -2.34. The minimum absolute atomic E-state index is 0.0609. The number of nitrogens with one attached hydrogen (secondary N) is 2. The second-order valence-electron chi connectivity index (χ2n) is 11.2. The van der Waals surface area contributed by atoms with E-state index in [2.05, 4.69) is 10.6 Å². The number of carbonyl (C=O) groups excluding carboxylic acids is 3.